The summed E-state index contributed by atoms with van der Waals surface area (Å²) in [5, 5.41) is 2.53. The minimum absolute atomic E-state index is 0.135. The number of anilines is 1. The van der Waals surface area contributed by atoms with Crippen molar-refractivity contribution >= 4 is 23.4 Å². The summed E-state index contributed by atoms with van der Waals surface area (Å²) in [6.07, 6.45) is 0. The van der Waals surface area contributed by atoms with Crippen molar-refractivity contribution in [3.63, 3.8) is 0 Å². The van der Waals surface area contributed by atoms with Gasteiger partial charge in [0.05, 0.1) is 17.7 Å². The van der Waals surface area contributed by atoms with Gasteiger partial charge < -0.3 is 11.1 Å². The molecule has 3 amide bonds. The van der Waals surface area contributed by atoms with Crippen LogP contribution in [0.15, 0.2) is 18.2 Å². The monoisotopic (exact) mass is 233 g/mol. The molecule has 0 aromatic heterocycles. The van der Waals surface area contributed by atoms with Gasteiger partial charge in [-0.25, -0.2) is 0 Å². The highest BCUT2D eigenvalue weighted by atomic mass is 16.2. The summed E-state index contributed by atoms with van der Waals surface area (Å²) in [5.74, 6) is -1.05. The second-order valence-electron chi connectivity index (χ2n) is 3.68. The Labute approximate surface area is 97.4 Å². The molecule has 2 rings (SSSR count). The molecule has 1 aromatic carbocycles. The molecule has 1 aromatic rings. The standard InChI is InChI=1S/C11H11N3O3/c1-14-10(16)7-3-2-6(13-9(15)5-12)4-8(7)11(14)17/h2-4H,5,12H2,1H3,(H,13,15). The summed E-state index contributed by atoms with van der Waals surface area (Å²) in [7, 11) is 1.42. The van der Waals surface area contributed by atoms with Gasteiger partial charge in [0.25, 0.3) is 11.8 Å². The van der Waals surface area contributed by atoms with Crippen molar-refractivity contribution in [3.8, 4) is 0 Å². The Balaban J connectivity index is 2.36. The number of fused-ring (bicyclic) bond motifs is 1. The Morgan fingerprint density at radius 2 is 1.94 bits per heavy atom. The first-order chi connectivity index (χ1) is 8.04. The van der Waals surface area contributed by atoms with E-state index >= 15 is 0 Å². The number of nitrogens with zero attached hydrogens (tertiary/aromatic N) is 1. The van der Waals surface area contributed by atoms with E-state index in [1.54, 1.807) is 6.07 Å². The van der Waals surface area contributed by atoms with Crippen LogP contribution >= 0.6 is 0 Å². The van der Waals surface area contributed by atoms with E-state index in [4.69, 9.17) is 5.73 Å². The summed E-state index contributed by atoms with van der Waals surface area (Å²) < 4.78 is 0. The van der Waals surface area contributed by atoms with Crippen molar-refractivity contribution in [1.29, 1.82) is 0 Å². The molecule has 3 N–H and O–H groups in total. The van der Waals surface area contributed by atoms with Crippen LogP contribution in [0.2, 0.25) is 0 Å². The maximum atomic E-state index is 11.7. The maximum Gasteiger partial charge on any atom is 0.261 e. The molecule has 0 bridgehead atoms. The molecule has 0 unspecified atom stereocenters. The van der Waals surface area contributed by atoms with E-state index in [0.29, 0.717) is 16.8 Å². The summed E-state index contributed by atoms with van der Waals surface area (Å²) in [6.45, 7) is -0.135. The topological polar surface area (TPSA) is 92.5 Å². The summed E-state index contributed by atoms with van der Waals surface area (Å²) in [5.41, 5.74) is 6.27. The lowest BCUT2D eigenvalue weighted by atomic mass is 10.1. The van der Waals surface area contributed by atoms with E-state index in [1.807, 2.05) is 0 Å². The zero-order chi connectivity index (χ0) is 12.6. The molecule has 1 aliphatic heterocycles. The zero-order valence-corrected chi connectivity index (χ0v) is 9.19. The van der Waals surface area contributed by atoms with Crippen LogP contribution in [0.4, 0.5) is 5.69 Å². The number of carbonyl (C=O) groups is 3. The van der Waals surface area contributed by atoms with Crippen LogP contribution < -0.4 is 11.1 Å². The number of rotatable bonds is 2. The minimum Gasteiger partial charge on any atom is -0.325 e. The summed E-state index contributed by atoms with van der Waals surface area (Å²) >= 11 is 0. The van der Waals surface area contributed by atoms with Gasteiger partial charge in [0.2, 0.25) is 5.91 Å². The Morgan fingerprint density at radius 3 is 2.59 bits per heavy atom. The number of nitrogens with two attached hydrogens (primary N) is 1. The number of benzene rings is 1. The van der Waals surface area contributed by atoms with Crippen LogP contribution in [0.3, 0.4) is 0 Å². The quantitative estimate of drug-likeness (QED) is 0.692. The van der Waals surface area contributed by atoms with E-state index in [9.17, 15) is 14.4 Å². The molecule has 0 saturated heterocycles. The smallest absolute Gasteiger partial charge is 0.261 e. The second-order valence-corrected chi connectivity index (χ2v) is 3.68. The largest absolute Gasteiger partial charge is 0.325 e. The van der Waals surface area contributed by atoms with Crippen molar-refractivity contribution in [2.24, 2.45) is 5.73 Å². The van der Waals surface area contributed by atoms with Gasteiger partial charge in [-0.2, -0.15) is 0 Å². The van der Waals surface area contributed by atoms with Crippen LogP contribution in [-0.4, -0.2) is 36.2 Å². The van der Waals surface area contributed by atoms with Crippen LogP contribution in [0.25, 0.3) is 0 Å². The molecule has 1 aliphatic rings. The molecule has 0 atom stereocenters. The normalized spacial score (nSPS) is 13.9. The summed E-state index contributed by atoms with van der Waals surface area (Å²) in [6, 6.07) is 4.56. The number of amides is 3. The summed E-state index contributed by atoms with van der Waals surface area (Å²) in [4.78, 5) is 35.4. The second kappa shape index (κ2) is 3.99. The predicted molar refractivity (Wildman–Crippen MR) is 60.6 cm³/mol. The lowest BCUT2D eigenvalue weighted by Crippen LogP contribution is -2.24. The molecule has 6 nitrogen and oxygen atoms in total. The lowest BCUT2D eigenvalue weighted by Gasteiger charge is -2.04. The van der Waals surface area contributed by atoms with Crippen molar-refractivity contribution in [1.82, 2.24) is 4.90 Å². The molecule has 0 saturated carbocycles. The number of carbonyl (C=O) groups excluding carboxylic acids is 3. The number of nitrogens with one attached hydrogen (secondary N) is 1. The van der Waals surface area contributed by atoms with Crippen LogP contribution in [0.5, 0.6) is 0 Å². The highest BCUT2D eigenvalue weighted by Gasteiger charge is 2.32. The van der Waals surface area contributed by atoms with Gasteiger partial charge >= 0.3 is 0 Å². The van der Waals surface area contributed by atoms with Crippen LogP contribution in [0, 0.1) is 0 Å². The van der Waals surface area contributed by atoms with Gasteiger partial charge in [0, 0.05) is 12.7 Å². The Kier molecular flexibility index (Phi) is 2.64. The fraction of sp³-hybridized carbons (Fsp3) is 0.182. The lowest BCUT2D eigenvalue weighted by molar-refractivity contribution is -0.114. The fourth-order valence-corrected chi connectivity index (χ4v) is 1.65. The number of hydrogen-bond acceptors (Lipinski definition) is 4. The van der Waals surface area contributed by atoms with Gasteiger partial charge in [0.1, 0.15) is 0 Å². The highest BCUT2D eigenvalue weighted by Crippen LogP contribution is 2.24. The van der Waals surface area contributed by atoms with E-state index in [-0.39, 0.29) is 24.3 Å². The molecule has 0 fully saturated rings. The zero-order valence-electron chi connectivity index (χ0n) is 9.19. The fourth-order valence-electron chi connectivity index (χ4n) is 1.65. The van der Waals surface area contributed by atoms with E-state index in [2.05, 4.69) is 5.32 Å². The highest BCUT2D eigenvalue weighted by molar-refractivity contribution is 6.21. The molecule has 88 valence electrons. The van der Waals surface area contributed by atoms with Crippen LogP contribution in [-0.2, 0) is 4.79 Å². The molecule has 0 radical (unpaired) electrons. The van der Waals surface area contributed by atoms with Gasteiger partial charge in [-0.15, -0.1) is 0 Å². The van der Waals surface area contributed by atoms with E-state index < -0.39 is 0 Å². The Hall–Kier alpha value is -2.21. The molecular formula is C11H11N3O3. The minimum atomic E-state index is -0.367. The third-order valence-electron chi connectivity index (χ3n) is 2.56. The van der Waals surface area contributed by atoms with Crippen LogP contribution in [0.1, 0.15) is 20.7 Å². The van der Waals surface area contributed by atoms with Gasteiger partial charge in [0.15, 0.2) is 0 Å². The third-order valence-corrected chi connectivity index (χ3v) is 2.56. The molecule has 0 aliphatic carbocycles. The van der Waals surface area contributed by atoms with Gasteiger partial charge in [-0.3, -0.25) is 19.3 Å². The molecule has 1 heterocycles. The van der Waals surface area contributed by atoms with Gasteiger partial charge in [-0.1, -0.05) is 0 Å². The molecular weight excluding hydrogens is 222 g/mol. The van der Waals surface area contributed by atoms with Crippen molar-refractivity contribution in [2.45, 2.75) is 0 Å². The van der Waals surface area contributed by atoms with E-state index in [0.717, 1.165) is 4.90 Å². The molecule has 17 heavy (non-hydrogen) atoms. The van der Waals surface area contributed by atoms with Crippen molar-refractivity contribution < 1.29 is 14.4 Å². The molecule has 6 heteroatoms. The predicted octanol–water partition coefficient (Wildman–Crippen LogP) is -0.190. The first-order valence-corrected chi connectivity index (χ1v) is 5.01. The van der Waals surface area contributed by atoms with E-state index in [1.165, 1.54) is 19.2 Å². The average Bonchev–Trinajstić information content (AvgIpc) is 2.54. The SMILES string of the molecule is CN1C(=O)c2ccc(NC(=O)CN)cc2C1=O. The van der Waals surface area contributed by atoms with Crippen molar-refractivity contribution in [3.05, 3.63) is 29.3 Å². The molecule has 0 spiro atoms. The average molecular weight is 233 g/mol. The van der Waals surface area contributed by atoms with Crippen molar-refractivity contribution in [2.75, 3.05) is 18.9 Å². The first kappa shape index (κ1) is 11.3. The maximum absolute atomic E-state index is 11.7. The van der Waals surface area contributed by atoms with Gasteiger partial charge in [-0.05, 0) is 18.2 Å². The first-order valence-electron chi connectivity index (χ1n) is 5.01. The third kappa shape index (κ3) is 1.78. The number of hydrogen-bond donors (Lipinski definition) is 2. The Bertz CT molecular complexity index is 525. The number of imide groups is 1. The Morgan fingerprint density at radius 1 is 1.29 bits per heavy atom.